The summed E-state index contributed by atoms with van der Waals surface area (Å²) >= 11 is 0. The summed E-state index contributed by atoms with van der Waals surface area (Å²) in [6, 6.07) is -0.838. The van der Waals surface area contributed by atoms with Gasteiger partial charge in [0.1, 0.15) is 32.8 Å². The van der Waals surface area contributed by atoms with Gasteiger partial charge in [-0.1, -0.05) is 157 Å². The monoisotopic (exact) mass is 570 g/mol. The van der Waals surface area contributed by atoms with Crippen molar-refractivity contribution in [3.05, 3.63) is 0 Å². The van der Waals surface area contributed by atoms with Crippen LogP contribution in [0.25, 0.3) is 0 Å². The van der Waals surface area contributed by atoms with Gasteiger partial charge in [-0.3, -0.25) is 4.79 Å². The summed E-state index contributed by atoms with van der Waals surface area (Å²) in [5.41, 5.74) is 0. The van der Waals surface area contributed by atoms with Crippen molar-refractivity contribution in [1.82, 2.24) is 5.32 Å². The van der Waals surface area contributed by atoms with E-state index in [0.29, 0.717) is 6.54 Å². The molecule has 238 valence electrons. The lowest BCUT2D eigenvalue weighted by molar-refractivity contribution is -0.129. The van der Waals surface area contributed by atoms with Crippen LogP contribution in [-0.2, 0) is 14.3 Å². The summed E-state index contributed by atoms with van der Waals surface area (Å²) in [6.07, 6.45) is 24.5. The van der Waals surface area contributed by atoms with Crippen molar-refractivity contribution < 1.29 is 24.5 Å². The normalized spacial score (nSPS) is 19.9. The maximum Gasteiger partial charge on any atom is 0.246 e. The Labute approximate surface area is 250 Å². The molecule has 0 aliphatic carbocycles. The topological polar surface area (TPSA) is 88.0 Å². The molecule has 1 fully saturated rings. The first kappa shape index (κ1) is 41.5. The van der Waals surface area contributed by atoms with E-state index < -0.39 is 24.3 Å². The van der Waals surface area contributed by atoms with Crippen LogP contribution < -0.4 is 5.32 Å². The first-order valence-electron chi connectivity index (χ1n) is 17.2. The molecule has 6 nitrogen and oxygen atoms in total. The second-order valence-corrected chi connectivity index (χ2v) is 10.7. The zero-order valence-electron chi connectivity index (χ0n) is 27.3. The van der Waals surface area contributed by atoms with E-state index in [1.54, 1.807) is 0 Å². The van der Waals surface area contributed by atoms with Gasteiger partial charge in [-0.15, -0.1) is 0 Å². The Balaban J connectivity index is 0. The predicted molar refractivity (Wildman–Crippen MR) is 171 cm³/mol. The zero-order chi connectivity index (χ0) is 30.3. The van der Waals surface area contributed by atoms with Crippen LogP contribution in [0, 0.1) is 0 Å². The van der Waals surface area contributed by atoms with Crippen LogP contribution in [-0.4, -0.2) is 68.0 Å². The number of carbonyl (C=O) groups is 1. The van der Waals surface area contributed by atoms with Gasteiger partial charge in [-0.05, 0) is 6.42 Å². The predicted octanol–water partition coefficient (Wildman–Crippen LogP) is 7.61. The zero-order valence-corrected chi connectivity index (χ0v) is 27.3. The van der Waals surface area contributed by atoms with E-state index in [1.165, 1.54) is 116 Å². The van der Waals surface area contributed by atoms with E-state index in [1.807, 2.05) is 27.7 Å². The average Bonchev–Trinajstić information content (AvgIpc) is 3.26. The molecule has 0 aromatic carbocycles. The highest BCUT2D eigenvalue weighted by atomic mass is 16.6. The SMILES string of the molecule is CC.CC.[B]C1OC(CO)C(O)C1OCC(=O)NCCCCCCCCCCCCCCCCCCCCCC. The van der Waals surface area contributed by atoms with Crippen molar-refractivity contribution in [2.75, 3.05) is 19.8 Å². The van der Waals surface area contributed by atoms with Crippen LogP contribution in [0.5, 0.6) is 0 Å². The van der Waals surface area contributed by atoms with Crippen LogP contribution in [0.2, 0.25) is 0 Å². The molecule has 0 aromatic rings. The Bertz CT molecular complexity index is 511. The standard InChI is InChI=1S/C29H56BNO5.2C2H6/c1-2-3-4-5-6-7-8-9-10-11-12-13-14-15-16-17-18-19-20-21-22-31-26(33)24-35-28-27(34)25(23-32)36-29(28)30;2*1-2/h25,27-29,32,34H,2-24H2,1H3,(H,31,33);2*1-2H3. The lowest BCUT2D eigenvalue weighted by Crippen LogP contribution is -2.39. The number of carbonyl (C=O) groups excluding carboxylic acids is 1. The molecule has 2 radical (unpaired) electrons. The smallest absolute Gasteiger partial charge is 0.246 e. The molecule has 1 aliphatic rings. The maximum absolute atomic E-state index is 11.9. The van der Waals surface area contributed by atoms with Crippen LogP contribution in [0.1, 0.15) is 163 Å². The number of nitrogens with one attached hydrogen (secondary N) is 1. The highest BCUT2D eigenvalue weighted by Gasteiger charge is 2.41. The molecule has 1 rings (SSSR count). The fourth-order valence-electron chi connectivity index (χ4n) is 4.94. The summed E-state index contributed by atoms with van der Waals surface area (Å²) in [4.78, 5) is 11.9. The molecule has 0 bridgehead atoms. The highest BCUT2D eigenvalue weighted by molar-refractivity contribution is 6.11. The Morgan fingerprint density at radius 3 is 1.45 bits per heavy atom. The van der Waals surface area contributed by atoms with Crippen molar-refractivity contribution in [2.24, 2.45) is 0 Å². The number of hydrogen-bond acceptors (Lipinski definition) is 5. The number of hydrogen-bond donors (Lipinski definition) is 3. The van der Waals surface area contributed by atoms with Crippen molar-refractivity contribution in [1.29, 1.82) is 0 Å². The molecule has 4 atom stereocenters. The van der Waals surface area contributed by atoms with E-state index in [4.69, 9.17) is 22.4 Å². The third kappa shape index (κ3) is 24.0. The Hall–Kier alpha value is -0.625. The molecular formula is C33H68BNO5. The molecule has 1 saturated heterocycles. The first-order chi connectivity index (χ1) is 19.6. The number of rotatable bonds is 25. The fraction of sp³-hybridized carbons (Fsp3) is 0.970. The molecule has 40 heavy (non-hydrogen) atoms. The second kappa shape index (κ2) is 32.9. The summed E-state index contributed by atoms with van der Waals surface area (Å²) < 4.78 is 10.6. The lowest BCUT2D eigenvalue weighted by Gasteiger charge is -2.18. The number of unbranched alkanes of at least 4 members (excludes halogenated alkanes) is 19. The van der Waals surface area contributed by atoms with Gasteiger partial charge in [0.25, 0.3) is 0 Å². The molecule has 1 amide bonds. The summed E-state index contributed by atoms with van der Waals surface area (Å²) in [6.45, 7) is 10.4. The van der Waals surface area contributed by atoms with Gasteiger partial charge in [0.05, 0.1) is 6.61 Å². The molecule has 4 unspecified atom stereocenters. The quantitative estimate of drug-likeness (QED) is 0.0778. The number of aliphatic hydroxyl groups is 2. The summed E-state index contributed by atoms with van der Waals surface area (Å²) in [5, 5.41) is 21.9. The molecule has 1 heterocycles. The van der Waals surface area contributed by atoms with Crippen molar-refractivity contribution in [3.63, 3.8) is 0 Å². The summed E-state index contributed by atoms with van der Waals surface area (Å²) in [7, 11) is 5.73. The highest BCUT2D eigenvalue weighted by Crippen LogP contribution is 2.21. The Morgan fingerprint density at radius 1 is 0.725 bits per heavy atom. The van der Waals surface area contributed by atoms with Crippen molar-refractivity contribution in [3.8, 4) is 0 Å². The first-order valence-corrected chi connectivity index (χ1v) is 17.2. The van der Waals surface area contributed by atoms with Crippen LogP contribution in [0.3, 0.4) is 0 Å². The molecule has 1 aliphatic heterocycles. The van der Waals surface area contributed by atoms with Gasteiger partial charge in [0, 0.05) is 12.5 Å². The van der Waals surface area contributed by atoms with Crippen LogP contribution in [0.4, 0.5) is 0 Å². The maximum atomic E-state index is 11.9. The minimum absolute atomic E-state index is 0.171. The largest absolute Gasteiger partial charge is 0.394 e. The van der Waals surface area contributed by atoms with Crippen molar-refractivity contribution >= 4 is 13.8 Å². The molecular weight excluding hydrogens is 501 g/mol. The number of ether oxygens (including phenoxy) is 2. The molecule has 7 heteroatoms. The molecule has 0 spiro atoms. The third-order valence-electron chi connectivity index (χ3n) is 7.31. The Morgan fingerprint density at radius 2 is 1.10 bits per heavy atom. The van der Waals surface area contributed by atoms with E-state index in [0.717, 1.165) is 12.8 Å². The van der Waals surface area contributed by atoms with Crippen LogP contribution in [0.15, 0.2) is 0 Å². The van der Waals surface area contributed by atoms with E-state index in [2.05, 4.69) is 12.2 Å². The van der Waals surface area contributed by atoms with Gasteiger partial charge in [0.2, 0.25) is 5.91 Å². The van der Waals surface area contributed by atoms with Crippen molar-refractivity contribution in [2.45, 2.75) is 187 Å². The number of aliphatic hydroxyl groups excluding tert-OH is 2. The summed E-state index contributed by atoms with van der Waals surface area (Å²) in [5.74, 6) is -0.223. The minimum atomic E-state index is -1.03. The van der Waals surface area contributed by atoms with Crippen LogP contribution >= 0.6 is 0 Å². The average molecular weight is 570 g/mol. The molecule has 0 saturated carbocycles. The van der Waals surface area contributed by atoms with Gasteiger partial charge in [0.15, 0.2) is 0 Å². The second-order valence-electron chi connectivity index (χ2n) is 10.7. The lowest BCUT2D eigenvalue weighted by atomic mass is 9.93. The molecule has 3 N–H and O–H groups in total. The van der Waals surface area contributed by atoms with E-state index in [-0.39, 0.29) is 19.1 Å². The fourth-order valence-corrected chi connectivity index (χ4v) is 4.94. The van der Waals surface area contributed by atoms with Gasteiger partial charge in [-0.2, -0.15) is 0 Å². The Kier molecular flexibility index (Phi) is 34.1. The minimum Gasteiger partial charge on any atom is -0.394 e. The van der Waals surface area contributed by atoms with E-state index >= 15 is 0 Å². The van der Waals surface area contributed by atoms with Gasteiger partial charge < -0.3 is 25.0 Å². The van der Waals surface area contributed by atoms with E-state index in [9.17, 15) is 9.90 Å². The van der Waals surface area contributed by atoms with Gasteiger partial charge in [-0.25, -0.2) is 0 Å². The van der Waals surface area contributed by atoms with Gasteiger partial charge >= 0.3 is 0 Å². The molecule has 0 aromatic heterocycles. The number of amides is 1. The third-order valence-corrected chi connectivity index (χ3v) is 7.31.